The SMILES string of the molecule is COc1ncccc1C(=O)C(Br)Br. The fourth-order valence-electron chi connectivity index (χ4n) is 0.859. The van der Waals surface area contributed by atoms with Gasteiger partial charge in [0.25, 0.3) is 0 Å². The van der Waals surface area contributed by atoms with Crippen molar-refractivity contribution in [2.45, 2.75) is 3.74 Å². The molecule has 0 atom stereocenters. The molecule has 0 aliphatic rings. The van der Waals surface area contributed by atoms with Gasteiger partial charge in [-0.05, 0) is 12.1 Å². The van der Waals surface area contributed by atoms with Gasteiger partial charge in [-0.2, -0.15) is 0 Å². The molecule has 0 fully saturated rings. The van der Waals surface area contributed by atoms with Crippen LogP contribution in [0.4, 0.5) is 0 Å². The molecule has 0 N–H and O–H groups in total. The lowest BCUT2D eigenvalue weighted by Gasteiger charge is -2.05. The molecular weight excluding hydrogens is 302 g/mol. The molecule has 0 unspecified atom stereocenters. The third-order valence-corrected chi connectivity index (χ3v) is 2.26. The van der Waals surface area contributed by atoms with Crippen LogP contribution in [0.1, 0.15) is 10.4 Å². The van der Waals surface area contributed by atoms with Crippen molar-refractivity contribution in [1.29, 1.82) is 0 Å². The van der Waals surface area contributed by atoms with Gasteiger partial charge in [-0.3, -0.25) is 4.79 Å². The van der Waals surface area contributed by atoms with Crippen LogP contribution in [-0.2, 0) is 0 Å². The average Bonchev–Trinajstić information content (AvgIpc) is 2.16. The van der Waals surface area contributed by atoms with Crippen molar-refractivity contribution in [1.82, 2.24) is 4.98 Å². The number of hydrogen-bond acceptors (Lipinski definition) is 3. The molecule has 0 aliphatic carbocycles. The highest BCUT2D eigenvalue weighted by Crippen LogP contribution is 2.21. The van der Waals surface area contributed by atoms with E-state index < -0.39 is 3.74 Å². The van der Waals surface area contributed by atoms with Crippen LogP contribution in [0, 0.1) is 0 Å². The first-order valence-corrected chi connectivity index (χ1v) is 5.31. The smallest absolute Gasteiger partial charge is 0.224 e. The fourth-order valence-corrected chi connectivity index (χ4v) is 1.35. The number of carbonyl (C=O) groups excluding carboxylic acids is 1. The zero-order valence-corrected chi connectivity index (χ0v) is 10.0. The number of ether oxygens (including phenoxy) is 1. The Bertz CT molecular complexity index is 315. The van der Waals surface area contributed by atoms with Gasteiger partial charge in [-0.1, -0.05) is 31.9 Å². The fraction of sp³-hybridized carbons (Fsp3) is 0.250. The second-order valence-corrected chi connectivity index (χ2v) is 5.29. The first-order chi connectivity index (χ1) is 6.16. The third kappa shape index (κ3) is 2.51. The van der Waals surface area contributed by atoms with Gasteiger partial charge in [0.15, 0.2) is 5.78 Å². The molecule has 1 aromatic rings. The minimum absolute atomic E-state index is 0.107. The van der Waals surface area contributed by atoms with E-state index in [9.17, 15) is 4.79 Å². The molecule has 0 aliphatic heterocycles. The lowest BCUT2D eigenvalue weighted by atomic mass is 10.2. The molecular formula is C8H7Br2NO2. The Morgan fingerprint density at radius 3 is 2.85 bits per heavy atom. The predicted octanol–water partition coefficient (Wildman–Crippen LogP) is 2.39. The van der Waals surface area contributed by atoms with Gasteiger partial charge in [-0.15, -0.1) is 0 Å². The highest BCUT2D eigenvalue weighted by molar-refractivity contribution is 9.25. The molecule has 0 saturated carbocycles. The molecule has 13 heavy (non-hydrogen) atoms. The van der Waals surface area contributed by atoms with E-state index in [4.69, 9.17) is 4.74 Å². The van der Waals surface area contributed by atoms with Crippen LogP contribution in [-0.4, -0.2) is 21.6 Å². The van der Waals surface area contributed by atoms with Crippen LogP contribution in [0.2, 0.25) is 0 Å². The van der Waals surface area contributed by atoms with Crippen LogP contribution in [0.15, 0.2) is 18.3 Å². The third-order valence-electron chi connectivity index (χ3n) is 1.43. The number of hydrogen-bond donors (Lipinski definition) is 0. The van der Waals surface area contributed by atoms with E-state index in [1.165, 1.54) is 7.11 Å². The molecule has 0 aromatic carbocycles. The summed E-state index contributed by atoms with van der Waals surface area (Å²) in [4.78, 5) is 15.4. The zero-order chi connectivity index (χ0) is 9.84. The molecule has 0 bridgehead atoms. The Kier molecular flexibility index (Phi) is 3.87. The molecule has 0 spiro atoms. The minimum Gasteiger partial charge on any atom is -0.480 e. The van der Waals surface area contributed by atoms with Crippen LogP contribution in [0.25, 0.3) is 0 Å². The standard InChI is InChI=1S/C8H7Br2NO2/c1-13-8-5(3-2-4-11-8)6(12)7(9)10/h2-4,7H,1H3. The molecule has 0 saturated heterocycles. The number of halogens is 2. The van der Waals surface area contributed by atoms with Crippen LogP contribution in [0.3, 0.4) is 0 Å². The number of rotatable bonds is 3. The van der Waals surface area contributed by atoms with Crippen molar-refractivity contribution in [2.24, 2.45) is 0 Å². The number of Topliss-reactive ketones (excluding diaryl/α,β-unsaturated/α-hetero) is 1. The van der Waals surface area contributed by atoms with E-state index in [-0.39, 0.29) is 5.78 Å². The summed E-state index contributed by atoms with van der Waals surface area (Å²) < 4.78 is 4.54. The van der Waals surface area contributed by atoms with Gasteiger partial charge < -0.3 is 4.74 Å². The maximum atomic E-state index is 11.5. The second-order valence-electron chi connectivity index (χ2n) is 2.23. The van der Waals surface area contributed by atoms with Crippen molar-refractivity contribution in [2.75, 3.05) is 7.11 Å². The quantitative estimate of drug-likeness (QED) is 0.636. The number of nitrogens with zero attached hydrogens (tertiary/aromatic N) is 1. The van der Waals surface area contributed by atoms with Crippen LogP contribution >= 0.6 is 31.9 Å². The summed E-state index contributed by atoms with van der Waals surface area (Å²) in [5.74, 6) is 0.237. The van der Waals surface area contributed by atoms with Crippen molar-refractivity contribution in [3.63, 3.8) is 0 Å². The molecule has 1 aromatic heterocycles. The van der Waals surface area contributed by atoms with E-state index in [0.717, 1.165) is 0 Å². The maximum absolute atomic E-state index is 11.5. The van der Waals surface area contributed by atoms with E-state index in [1.807, 2.05) is 0 Å². The zero-order valence-electron chi connectivity index (χ0n) is 6.83. The van der Waals surface area contributed by atoms with E-state index >= 15 is 0 Å². The van der Waals surface area contributed by atoms with Crippen molar-refractivity contribution < 1.29 is 9.53 Å². The van der Waals surface area contributed by atoms with E-state index in [0.29, 0.717) is 11.4 Å². The number of carbonyl (C=O) groups is 1. The number of ketones is 1. The van der Waals surface area contributed by atoms with Crippen molar-refractivity contribution in [3.8, 4) is 5.88 Å². The molecule has 1 heterocycles. The lowest BCUT2D eigenvalue weighted by molar-refractivity contribution is 0.101. The normalized spacial score (nSPS) is 10.2. The van der Waals surface area contributed by atoms with Gasteiger partial charge in [0.05, 0.1) is 12.7 Å². The topological polar surface area (TPSA) is 39.2 Å². The maximum Gasteiger partial charge on any atom is 0.224 e. The summed E-state index contributed by atoms with van der Waals surface area (Å²) in [5.41, 5.74) is 0.462. The van der Waals surface area contributed by atoms with Crippen molar-refractivity contribution >= 4 is 37.6 Å². The molecule has 1 rings (SSSR count). The minimum atomic E-state index is -0.405. The number of aromatic nitrogens is 1. The molecule has 3 nitrogen and oxygen atoms in total. The Morgan fingerprint density at radius 1 is 1.62 bits per heavy atom. The largest absolute Gasteiger partial charge is 0.480 e. The van der Waals surface area contributed by atoms with Gasteiger partial charge in [0.2, 0.25) is 5.88 Å². The summed E-state index contributed by atoms with van der Waals surface area (Å²) >= 11 is 6.25. The average molecular weight is 309 g/mol. The van der Waals surface area contributed by atoms with E-state index in [2.05, 4.69) is 36.8 Å². The number of pyridine rings is 1. The van der Waals surface area contributed by atoms with Crippen LogP contribution < -0.4 is 4.74 Å². The van der Waals surface area contributed by atoms with Gasteiger partial charge in [-0.25, -0.2) is 4.98 Å². The van der Waals surface area contributed by atoms with Gasteiger partial charge >= 0.3 is 0 Å². The molecule has 70 valence electrons. The molecule has 0 radical (unpaired) electrons. The first kappa shape index (κ1) is 10.7. The monoisotopic (exact) mass is 307 g/mol. The predicted molar refractivity (Wildman–Crippen MR) is 56.8 cm³/mol. The summed E-state index contributed by atoms with van der Waals surface area (Å²) in [5, 5.41) is 0. The highest BCUT2D eigenvalue weighted by atomic mass is 79.9. The summed E-state index contributed by atoms with van der Waals surface area (Å²) in [6, 6.07) is 3.36. The molecule has 5 heteroatoms. The molecule has 0 amide bonds. The van der Waals surface area contributed by atoms with Crippen molar-refractivity contribution in [3.05, 3.63) is 23.9 Å². The number of methoxy groups -OCH3 is 1. The van der Waals surface area contributed by atoms with Crippen LogP contribution in [0.5, 0.6) is 5.88 Å². The summed E-state index contributed by atoms with van der Waals surface area (Å²) in [7, 11) is 1.48. The Morgan fingerprint density at radius 2 is 2.31 bits per heavy atom. The Balaban J connectivity index is 3.06. The van der Waals surface area contributed by atoms with E-state index in [1.54, 1.807) is 18.3 Å². The Labute approximate surface area is 92.8 Å². The van der Waals surface area contributed by atoms with Gasteiger partial charge in [0, 0.05) is 6.20 Å². The summed E-state index contributed by atoms with van der Waals surface area (Å²) in [6.45, 7) is 0. The highest BCUT2D eigenvalue weighted by Gasteiger charge is 2.17. The van der Waals surface area contributed by atoms with Gasteiger partial charge in [0.1, 0.15) is 3.74 Å². The lowest BCUT2D eigenvalue weighted by Crippen LogP contribution is -2.09. The summed E-state index contributed by atoms with van der Waals surface area (Å²) in [6.07, 6.45) is 1.58. The second kappa shape index (κ2) is 4.72. The first-order valence-electron chi connectivity index (χ1n) is 3.48. The number of alkyl halides is 2. The Hall–Kier alpha value is -0.420.